The van der Waals surface area contributed by atoms with E-state index in [2.05, 4.69) is 5.10 Å². The molecule has 0 radical (unpaired) electrons. The highest BCUT2D eigenvalue weighted by molar-refractivity contribution is 5.97. The summed E-state index contributed by atoms with van der Waals surface area (Å²) in [5.74, 6) is -0.0463. The van der Waals surface area contributed by atoms with Crippen LogP contribution < -0.4 is 0 Å². The van der Waals surface area contributed by atoms with Gasteiger partial charge in [0.25, 0.3) is 0 Å². The van der Waals surface area contributed by atoms with Gasteiger partial charge in [0.05, 0.1) is 17.3 Å². The van der Waals surface area contributed by atoms with Crippen molar-refractivity contribution in [2.45, 2.75) is 6.92 Å². The smallest absolute Gasteiger partial charge is 0.161 e. The lowest BCUT2D eigenvalue weighted by molar-refractivity contribution is 0.101. The van der Waals surface area contributed by atoms with Crippen molar-refractivity contribution in [1.29, 1.82) is 5.26 Å². The molecule has 4 nitrogen and oxygen atoms in total. The number of benzene rings is 1. The first-order valence-electron chi connectivity index (χ1n) is 4.77. The first-order valence-corrected chi connectivity index (χ1v) is 4.77. The Morgan fingerprint density at radius 3 is 2.88 bits per heavy atom. The second-order valence-corrected chi connectivity index (χ2v) is 3.35. The average Bonchev–Trinajstić information content (AvgIpc) is 2.81. The number of aromatic nitrogens is 2. The van der Waals surface area contributed by atoms with E-state index in [-0.39, 0.29) is 5.78 Å². The summed E-state index contributed by atoms with van der Waals surface area (Å²) in [5.41, 5.74) is 1.70. The number of carbonyl (C=O) groups excluding carboxylic acids is 1. The number of rotatable bonds is 2. The molecule has 2 rings (SSSR count). The number of Topliss-reactive ketones (excluding diaryl/α,β-unsaturated/α-hetero) is 1. The molecule has 1 heterocycles. The molecule has 0 aliphatic carbocycles. The average molecular weight is 211 g/mol. The largest absolute Gasteiger partial charge is 0.294 e. The Morgan fingerprint density at radius 2 is 2.31 bits per heavy atom. The van der Waals surface area contributed by atoms with Gasteiger partial charge in [-0.05, 0) is 31.2 Å². The van der Waals surface area contributed by atoms with Gasteiger partial charge in [-0.3, -0.25) is 4.79 Å². The molecule has 0 atom stereocenters. The lowest BCUT2D eigenvalue weighted by atomic mass is 10.1. The van der Waals surface area contributed by atoms with Crippen molar-refractivity contribution in [3.8, 4) is 11.8 Å². The summed E-state index contributed by atoms with van der Waals surface area (Å²) in [5, 5.41) is 12.9. The molecular weight excluding hydrogens is 202 g/mol. The second kappa shape index (κ2) is 3.99. The van der Waals surface area contributed by atoms with Gasteiger partial charge in [-0.1, -0.05) is 0 Å². The maximum Gasteiger partial charge on any atom is 0.161 e. The molecular formula is C12H9N3O. The van der Waals surface area contributed by atoms with Crippen LogP contribution in [0.2, 0.25) is 0 Å². The minimum Gasteiger partial charge on any atom is -0.294 e. The Bertz CT molecular complexity index is 564. The summed E-state index contributed by atoms with van der Waals surface area (Å²) in [6, 6.07) is 8.75. The third-order valence-corrected chi connectivity index (χ3v) is 2.26. The molecule has 0 saturated carbocycles. The molecule has 0 saturated heterocycles. The van der Waals surface area contributed by atoms with Crippen molar-refractivity contribution < 1.29 is 4.79 Å². The van der Waals surface area contributed by atoms with E-state index in [4.69, 9.17) is 5.26 Å². The van der Waals surface area contributed by atoms with E-state index in [9.17, 15) is 4.79 Å². The molecule has 2 aromatic rings. The number of nitriles is 1. The van der Waals surface area contributed by atoms with E-state index < -0.39 is 0 Å². The van der Waals surface area contributed by atoms with Crippen molar-refractivity contribution in [2.24, 2.45) is 0 Å². The van der Waals surface area contributed by atoms with Gasteiger partial charge in [-0.25, -0.2) is 4.68 Å². The highest BCUT2D eigenvalue weighted by Gasteiger charge is 2.09. The minimum atomic E-state index is -0.0463. The summed E-state index contributed by atoms with van der Waals surface area (Å²) in [7, 11) is 0. The van der Waals surface area contributed by atoms with Crippen molar-refractivity contribution in [3.63, 3.8) is 0 Å². The van der Waals surface area contributed by atoms with Crippen molar-refractivity contribution in [1.82, 2.24) is 9.78 Å². The van der Waals surface area contributed by atoms with Gasteiger partial charge in [-0.2, -0.15) is 10.4 Å². The van der Waals surface area contributed by atoms with E-state index in [0.717, 1.165) is 0 Å². The van der Waals surface area contributed by atoms with E-state index in [0.29, 0.717) is 16.8 Å². The highest BCUT2D eigenvalue weighted by atomic mass is 16.1. The van der Waals surface area contributed by atoms with Gasteiger partial charge in [0.1, 0.15) is 0 Å². The van der Waals surface area contributed by atoms with Gasteiger partial charge >= 0.3 is 0 Å². The van der Waals surface area contributed by atoms with Crippen LogP contribution in [0.15, 0.2) is 36.7 Å². The first-order chi connectivity index (χ1) is 7.72. The SMILES string of the molecule is CC(=O)c1ccc(C#N)cc1-n1cccn1. The lowest BCUT2D eigenvalue weighted by Crippen LogP contribution is -2.04. The molecule has 0 N–H and O–H groups in total. The van der Waals surface area contributed by atoms with Crippen LogP contribution in [-0.2, 0) is 0 Å². The molecule has 1 aromatic carbocycles. The van der Waals surface area contributed by atoms with Gasteiger partial charge in [0.2, 0.25) is 0 Å². The molecule has 4 heteroatoms. The zero-order valence-corrected chi connectivity index (χ0v) is 8.71. The van der Waals surface area contributed by atoms with Crippen molar-refractivity contribution >= 4 is 5.78 Å². The summed E-state index contributed by atoms with van der Waals surface area (Å²) in [6.45, 7) is 1.49. The maximum absolute atomic E-state index is 11.4. The molecule has 0 spiro atoms. The summed E-state index contributed by atoms with van der Waals surface area (Å²) in [4.78, 5) is 11.4. The van der Waals surface area contributed by atoms with Crippen molar-refractivity contribution in [2.75, 3.05) is 0 Å². The standard InChI is InChI=1S/C12H9N3O/c1-9(16)11-4-3-10(8-13)7-12(11)15-6-2-5-14-15/h2-7H,1H3. The molecule has 0 unspecified atom stereocenters. The topological polar surface area (TPSA) is 58.7 Å². The predicted octanol–water partition coefficient (Wildman–Crippen LogP) is 1.95. The van der Waals surface area contributed by atoms with E-state index in [1.807, 2.05) is 6.07 Å². The number of carbonyl (C=O) groups is 1. The summed E-state index contributed by atoms with van der Waals surface area (Å²) >= 11 is 0. The fourth-order valence-electron chi connectivity index (χ4n) is 1.50. The molecule has 0 amide bonds. The van der Waals surface area contributed by atoms with Crippen LogP contribution in [0.5, 0.6) is 0 Å². The molecule has 0 aliphatic rings. The summed E-state index contributed by atoms with van der Waals surface area (Å²) < 4.78 is 1.58. The van der Waals surface area contributed by atoms with Crippen LogP contribution in [0, 0.1) is 11.3 Å². The fourth-order valence-corrected chi connectivity index (χ4v) is 1.50. The number of nitrogens with zero attached hydrogens (tertiary/aromatic N) is 3. The van der Waals surface area contributed by atoms with Crippen LogP contribution in [-0.4, -0.2) is 15.6 Å². The van der Waals surface area contributed by atoms with Crippen LogP contribution >= 0.6 is 0 Å². The van der Waals surface area contributed by atoms with Gasteiger partial charge < -0.3 is 0 Å². The zero-order valence-electron chi connectivity index (χ0n) is 8.71. The zero-order chi connectivity index (χ0) is 11.5. The van der Waals surface area contributed by atoms with Crippen molar-refractivity contribution in [3.05, 3.63) is 47.8 Å². The third kappa shape index (κ3) is 1.71. The normalized spacial score (nSPS) is 9.75. The number of ketones is 1. The predicted molar refractivity (Wildman–Crippen MR) is 58.3 cm³/mol. The fraction of sp³-hybridized carbons (Fsp3) is 0.0833. The summed E-state index contributed by atoms with van der Waals surface area (Å²) in [6.07, 6.45) is 3.37. The Hall–Kier alpha value is -2.41. The quantitative estimate of drug-likeness (QED) is 0.713. The molecule has 1 aromatic heterocycles. The number of hydrogen-bond donors (Lipinski definition) is 0. The van der Waals surface area contributed by atoms with Gasteiger partial charge in [0.15, 0.2) is 5.78 Å². The first kappa shape index (κ1) is 10.1. The van der Waals surface area contributed by atoms with Gasteiger partial charge in [-0.15, -0.1) is 0 Å². The Morgan fingerprint density at radius 1 is 1.50 bits per heavy atom. The molecule has 78 valence electrons. The van der Waals surface area contributed by atoms with E-state index in [1.165, 1.54) is 6.92 Å². The third-order valence-electron chi connectivity index (χ3n) is 2.26. The molecule has 16 heavy (non-hydrogen) atoms. The maximum atomic E-state index is 11.4. The molecule has 0 fully saturated rings. The van der Waals surface area contributed by atoms with Crippen LogP contribution in [0.25, 0.3) is 5.69 Å². The highest BCUT2D eigenvalue weighted by Crippen LogP contribution is 2.16. The van der Waals surface area contributed by atoms with Gasteiger partial charge in [0, 0.05) is 18.0 Å². The van der Waals surface area contributed by atoms with E-state index >= 15 is 0 Å². The minimum absolute atomic E-state index is 0.0463. The molecule has 0 aliphatic heterocycles. The van der Waals surface area contributed by atoms with E-state index in [1.54, 1.807) is 41.3 Å². The lowest BCUT2D eigenvalue weighted by Gasteiger charge is -2.07. The molecule has 0 bridgehead atoms. The van der Waals surface area contributed by atoms with Crippen LogP contribution in [0.1, 0.15) is 22.8 Å². The second-order valence-electron chi connectivity index (χ2n) is 3.35. The Balaban J connectivity index is 2.65. The Labute approximate surface area is 92.7 Å². The number of hydrogen-bond acceptors (Lipinski definition) is 3. The Kier molecular flexibility index (Phi) is 2.52. The van der Waals surface area contributed by atoms with Crippen LogP contribution in [0.3, 0.4) is 0 Å². The monoisotopic (exact) mass is 211 g/mol. The van der Waals surface area contributed by atoms with Crippen LogP contribution in [0.4, 0.5) is 0 Å².